The molecule has 1 aromatic heterocycles. The average molecular weight is 444 g/mol. The van der Waals surface area contributed by atoms with Crippen LogP contribution in [0, 0.1) is 12.7 Å². The Bertz CT molecular complexity index is 1330. The minimum atomic E-state index is -3.59. The number of pyridine rings is 1. The molecule has 1 aliphatic rings. The Morgan fingerprint density at radius 3 is 2.52 bits per heavy atom. The lowest BCUT2D eigenvalue weighted by Gasteiger charge is -2.17. The van der Waals surface area contributed by atoms with Gasteiger partial charge in [-0.15, -0.1) is 0 Å². The number of nitrogens with one attached hydrogen (secondary N) is 1. The number of anilines is 1. The monoisotopic (exact) mass is 443 g/mol. The Morgan fingerprint density at radius 1 is 1.06 bits per heavy atom. The lowest BCUT2D eigenvalue weighted by molar-refractivity contribution is -0.116. The molecule has 0 unspecified atom stereocenters. The van der Waals surface area contributed by atoms with Gasteiger partial charge in [-0.05, 0) is 73.2 Å². The van der Waals surface area contributed by atoms with E-state index in [2.05, 4.69) is 5.32 Å². The highest BCUT2D eigenvalue weighted by Crippen LogP contribution is 2.24. The molecule has 1 N–H and O–H groups in total. The SMILES string of the molecule is Cc1cc(F)ccc1NC(=O)Cn1c(=O)ccc2cc(S(=O)(=O)N3CCCC3)ccc21. The van der Waals surface area contributed by atoms with Crippen molar-refractivity contribution in [2.75, 3.05) is 18.4 Å². The number of amides is 1. The zero-order valence-corrected chi connectivity index (χ0v) is 17.8. The minimum Gasteiger partial charge on any atom is -0.324 e. The number of halogens is 1. The van der Waals surface area contributed by atoms with E-state index >= 15 is 0 Å². The van der Waals surface area contributed by atoms with Crippen molar-refractivity contribution in [1.29, 1.82) is 0 Å². The summed E-state index contributed by atoms with van der Waals surface area (Å²) in [4.78, 5) is 25.1. The normalized spacial score (nSPS) is 14.8. The molecule has 4 rings (SSSR count). The van der Waals surface area contributed by atoms with Crippen molar-refractivity contribution in [2.45, 2.75) is 31.2 Å². The number of carbonyl (C=O) groups excluding carboxylic acids is 1. The van der Waals surface area contributed by atoms with E-state index in [1.807, 2.05) is 0 Å². The van der Waals surface area contributed by atoms with E-state index in [9.17, 15) is 22.4 Å². The molecule has 1 amide bonds. The van der Waals surface area contributed by atoms with Gasteiger partial charge in [0.05, 0.1) is 10.4 Å². The van der Waals surface area contributed by atoms with E-state index < -0.39 is 21.7 Å². The van der Waals surface area contributed by atoms with Crippen LogP contribution in [0.3, 0.4) is 0 Å². The molecule has 0 atom stereocenters. The Balaban J connectivity index is 1.64. The van der Waals surface area contributed by atoms with E-state index in [4.69, 9.17) is 0 Å². The van der Waals surface area contributed by atoms with Crippen LogP contribution in [0.1, 0.15) is 18.4 Å². The van der Waals surface area contributed by atoms with Gasteiger partial charge in [0.15, 0.2) is 0 Å². The number of aryl methyl sites for hydroxylation is 1. The third-order valence-corrected chi connectivity index (χ3v) is 7.32. The first kappa shape index (κ1) is 21.2. The van der Waals surface area contributed by atoms with E-state index in [1.165, 1.54) is 45.3 Å². The minimum absolute atomic E-state index is 0.165. The van der Waals surface area contributed by atoms with Gasteiger partial charge in [0.1, 0.15) is 12.4 Å². The van der Waals surface area contributed by atoms with Crippen molar-refractivity contribution < 1.29 is 17.6 Å². The number of hydrogen-bond acceptors (Lipinski definition) is 4. The summed E-state index contributed by atoms with van der Waals surface area (Å²) in [5, 5.41) is 3.23. The summed E-state index contributed by atoms with van der Waals surface area (Å²) in [6, 6.07) is 11.4. The molecule has 3 aromatic rings. The zero-order chi connectivity index (χ0) is 22.2. The number of aromatic nitrogens is 1. The number of carbonyl (C=O) groups is 1. The van der Waals surface area contributed by atoms with E-state index in [-0.39, 0.29) is 17.0 Å². The second-order valence-corrected chi connectivity index (χ2v) is 9.53. The van der Waals surface area contributed by atoms with Gasteiger partial charge >= 0.3 is 0 Å². The molecule has 1 saturated heterocycles. The highest BCUT2D eigenvalue weighted by atomic mass is 32.2. The first-order chi connectivity index (χ1) is 14.8. The average Bonchev–Trinajstić information content (AvgIpc) is 3.28. The largest absolute Gasteiger partial charge is 0.324 e. The molecule has 9 heteroatoms. The fourth-order valence-corrected chi connectivity index (χ4v) is 5.34. The Labute approximate surface area is 179 Å². The molecule has 2 heterocycles. The van der Waals surface area contributed by atoms with Gasteiger partial charge < -0.3 is 5.32 Å². The Hall–Kier alpha value is -3.04. The van der Waals surface area contributed by atoms with Crippen LogP contribution in [-0.2, 0) is 21.4 Å². The maximum absolute atomic E-state index is 13.3. The number of nitrogens with zero attached hydrogens (tertiary/aromatic N) is 2. The summed E-state index contributed by atoms with van der Waals surface area (Å²) in [5.74, 6) is -0.849. The molecule has 7 nitrogen and oxygen atoms in total. The fraction of sp³-hybridized carbons (Fsp3) is 0.273. The maximum atomic E-state index is 13.3. The van der Waals surface area contributed by atoms with E-state index in [0.29, 0.717) is 35.2 Å². The van der Waals surface area contributed by atoms with Gasteiger partial charge in [-0.1, -0.05) is 0 Å². The van der Waals surface area contributed by atoms with Crippen LogP contribution >= 0.6 is 0 Å². The lowest BCUT2D eigenvalue weighted by atomic mass is 10.2. The summed E-state index contributed by atoms with van der Waals surface area (Å²) in [5.41, 5.74) is 1.10. The van der Waals surface area contributed by atoms with Gasteiger partial charge in [-0.3, -0.25) is 14.2 Å². The summed E-state index contributed by atoms with van der Waals surface area (Å²) < 4.78 is 41.7. The molecule has 1 aliphatic heterocycles. The molecule has 0 radical (unpaired) electrons. The smallest absolute Gasteiger partial charge is 0.251 e. The van der Waals surface area contributed by atoms with Crippen molar-refractivity contribution in [3.63, 3.8) is 0 Å². The molecule has 1 fully saturated rings. The summed E-state index contributed by atoms with van der Waals surface area (Å²) in [6.07, 6.45) is 1.68. The zero-order valence-electron chi connectivity index (χ0n) is 17.0. The number of fused-ring (bicyclic) bond motifs is 1. The molecular formula is C22H22FN3O4S. The Morgan fingerprint density at radius 2 is 1.81 bits per heavy atom. The fourth-order valence-electron chi connectivity index (χ4n) is 3.78. The Kier molecular flexibility index (Phi) is 5.63. The first-order valence-electron chi connectivity index (χ1n) is 9.95. The molecule has 0 bridgehead atoms. The molecule has 31 heavy (non-hydrogen) atoms. The predicted molar refractivity (Wildman–Crippen MR) is 116 cm³/mol. The predicted octanol–water partition coefficient (Wildman–Crippen LogP) is 2.87. The van der Waals surface area contributed by atoms with Crippen LogP contribution in [0.15, 0.2) is 58.2 Å². The van der Waals surface area contributed by atoms with Gasteiger partial charge in [0.25, 0.3) is 5.56 Å². The molecule has 2 aromatic carbocycles. The second-order valence-electron chi connectivity index (χ2n) is 7.60. The van der Waals surface area contributed by atoms with Gasteiger partial charge in [0, 0.05) is 24.8 Å². The van der Waals surface area contributed by atoms with Crippen LogP contribution in [0.4, 0.5) is 10.1 Å². The topological polar surface area (TPSA) is 88.5 Å². The lowest BCUT2D eigenvalue weighted by Crippen LogP contribution is -2.29. The molecule has 0 saturated carbocycles. The van der Waals surface area contributed by atoms with E-state index in [1.54, 1.807) is 19.1 Å². The van der Waals surface area contributed by atoms with Crippen molar-refractivity contribution in [2.24, 2.45) is 0 Å². The first-order valence-corrected chi connectivity index (χ1v) is 11.4. The number of hydrogen-bond donors (Lipinski definition) is 1. The van der Waals surface area contributed by atoms with Crippen LogP contribution in [-0.4, -0.2) is 36.3 Å². The van der Waals surface area contributed by atoms with Crippen molar-refractivity contribution in [3.8, 4) is 0 Å². The summed E-state index contributed by atoms with van der Waals surface area (Å²) in [7, 11) is -3.59. The maximum Gasteiger partial charge on any atom is 0.251 e. The van der Waals surface area contributed by atoms with Crippen molar-refractivity contribution in [3.05, 3.63) is 70.3 Å². The standard InChI is InChI=1S/C22H22FN3O4S/c1-15-12-17(23)5-7-19(15)24-21(27)14-26-20-8-6-18(13-16(20)4-9-22(26)28)31(29,30)25-10-2-3-11-25/h4-9,12-13H,2-3,10-11,14H2,1H3,(H,24,27). The van der Waals surface area contributed by atoms with Gasteiger partial charge in [0.2, 0.25) is 15.9 Å². The number of benzene rings is 2. The van der Waals surface area contributed by atoms with Gasteiger partial charge in [-0.2, -0.15) is 4.31 Å². The highest BCUT2D eigenvalue weighted by Gasteiger charge is 2.27. The summed E-state index contributed by atoms with van der Waals surface area (Å²) in [6.45, 7) is 2.42. The van der Waals surface area contributed by atoms with Crippen LogP contribution in [0.25, 0.3) is 10.9 Å². The number of rotatable bonds is 5. The molecule has 0 spiro atoms. The second kappa shape index (κ2) is 8.24. The quantitative estimate of drug-likeness (QED) is 0.657. The third kappa shape index (κ3) is 4.24. The van der Waals surface area contributed by atoms with Crippen molar-refractivity contribution >= 4 is 32.5 Å². The molecule has 0 aliphatic carbocycles. The summed E-state index contributed by atoms with van der Waals surface area (Å²) >= 11 is 0. The number of sulfonamides is 1. The van der Waals surface area contributed by atoms with Gasteiger partial charge in [-0.25, -0.2) is 12.8 Å². The molecular weight excluding hydrogens is 421 g/mol. The van der Waals surface area contributed by atoms with Crippen LogP contribution < -0.4 is 10.9 Å². The van der Waals surface area contributed by atoms with Crippen molar-refractivity contribution in [1.82, 2.24) is 8.87 Å². The van der Waals surface area contributed by atoms with E-state index in [0.717, 1.165) is 12.8 Å². The molecule has 162 valence electrons. The third-order valence-electron chi connectivity index (χ3n) is 5.43. The van der Waals surface area contributed by atoms with Crippen LogP contribution in [0.5, 0.6) is 0 Å². The van der Waals surface area contributed by atoms with Crippen LogP contribution in [0.2, 0.25) is 0 Å². The highest BCUT2D eigenvalue weighted by molar-refractivity contribution is 7.89.